The molecule has 0 saturated heterocycles. The minimum absolute atomic E-state index is 0.00563. The normalized spacial score (nSPS) is 11.4. The highest BCUT2D eigenvalue weighted by Gasteiger charge is 2.08. The molecule has 0 atom stereocenters. The molecule has 0 aliphatic carbocycles. The maximum Gasteiger partial charge on any atom is 0.258 e. The summed E-state index contributed by atoms with van der Waals surface area (Å²) in [6, 6.07) is 5.21. The quantitative estimate of drug-likeness (QED) is 0.764. The van der Waals surface area contributed by atoms with Crippen LogP contribution in [-0.2, 0) is 6.54 Å². The first-order chi connectivity index (χ1) is 9.63. The Kier molecular flexibility index (Phi) is 4.84. The summed E-state index contributed by atoms with van der Waals surface area (Å²) in [6.45, 7) is 3.27. The van der Waals surface area contributed by atoms with Crippen molar-refractivity contribution in [3.05, 3.63) is 46.0 Å². The number of hydrogen-bond acceptors (Lipinski definition) is 5. The molecule has 2 rings (SSSR count). The predicted octanol–water partition coefficient (Wildman–Crippen LogP) is -0.210. The van der Waals surface area contributed by atoms with Crippen LogP contribution in [0.1, 0.15) is 11.3 Å². The molecule has 0 aromatic carbocycles. The lowest BCUT2D eigenvalue weighted by molar-refractivity contribution is 0.154. The lowest BCUT2D eigenvalue weighted by Crippen LogP contribution is -2.30. The highest BCUT2D eigenvalue weighted by molar-refractivity contribution is 5.41. The van der Waals surface area contributed by atoms with E-state index in [2.05, 4.69) is 4.98 Å². The third-order valence-electron chi connectivity index (χ3n) is 3.09. The van der Waals surface area contributed by atoms with Crippen molar-refractivity contribution < 1.29 is 10.2 Å². The molecule has 0 bridgehead atoms. The fourth-order valence-electron chi connectivity index (χ4n) is 2.12. The molecule has 0 amide bonds. The standard InChI is InChI=1S/C14H19N3O3/c1-11-2-3-17-13(8-11)15-12(9-14(17)20)10-16(4-6-18)5-7-19/h2-3,8-9,18-19H,4-7,10H2,1H3. The Hall–Kier alpha value is -1.76. The first-order valence-corrected chi connectivity index (χ1v) is 6.57. The molecule has 0 radical (unpaired) electrons. The Bertz CT molecular complexity index is 633. The molecule has 2 N–H and O–H groups in total. The monoisotopic (exact) mass is 277 g/mol. The van der Waals surface area contributed by atoms with Gasteiger partial charge < -0.3 is 10.2 Å². The van der Waals surface area contributed by atoms with E-state index in [0.717, 1.165) is 5.56 Å². The highest BCUT2D eigenvalue weighted by atomic mass is 16.3. The Balaban J connectivity index is 2.32. The summed E-state index contributed by atoms with van der Waals surface area (Å²) >= 11 is 0. The van der Waals surface area contributed by atoms with E-state index in [1.807, 2.05) is 24.0 Å². The van der Waals surface area contributed by atoms with Gasteiger partial charge in [-0.2, -0.15) is 0 Å². The van der Waals surface area contributed by atoms with Gasteiger partial charge in [0, 0.05) is 31.9 Å². The number of pyridine rings is 1. The highest BCUT2D eigenvalue weighted by Crippen LogP contribution is 2.05. The minimum Gasteiger partial charge on any atom is -0.395 e. The van der Waals surface area contributed by atoms with Crippen molar-refractivity contribution in [2.45, 2.75) is 13.5 Å². The molecule has 2 heterocycles. The summed E-state index contributed by atoms with van der Waals surface area (Å²) in [6.07, 6.45) is 1.71. The Morgan fingerprint density at radius 1 is 1.25 bits per heavy atom. The molecule has 0 unspecified atom stereocenters. The van der Waals surface area contributed by atoms with Crippen LogP contribution in [0.25, 0.3) is 5.65 Å². The van der Waals surface area contributed by atoms with Crippen molar-refractivity contribution in [3.8, 4) is 0 Å². The maximum absolute atomic E-state index is 12.0. The largest absolute Gasteiger partial charge is 0.395 e. The second kappa shape index (κ2) is 6.60. The molecule has 6 nitrogen and oxygen atoms in total. The van der Waals surface area contributed by atoms with E-state index in [-0.39, 0.29) is 18.8 Å². The van der Waals surface area contributed by atoms with Crippen LogP contribution in [0.2, 0.25) is 0 Å². The van der Waals surface area contributed by atoms with Gasteiger partial charge in [0.1, 0.15) is 5.65 Å². The van der Waals surface area contributed by atoms with Crippen LogP contribution in [-0.4, -0.2) is 50.8 Å². The van der Waals surface area contributed by atoms with Crippen molar-refractivity contribution >= 4 is 5.65 Å². The fourth-order valence-corrected chi connectivity index (χ4v) is 2.12. The topological polar surface area (TPSA) is 78.1 Å². The molecule has 0 fully saturated rings. The average Bonchev–Trinajstić information content (AvgIpc) is 2.38. The molecule has 0 spiro atoms. The maximum atomic E-state index is 12.0. The van der Waals surface area contributed by atoms with Crippen LogP contribution >= 0.6 is 0 Å². The number of aromatic nitrogens is 2. The van der Waals surface area contributed by atoms with Gasteiger partial charge in [-0.05, 0) is 24.6 Å². The third kappa shape index (κ3) is 3.41. The van der Waals surface area contributed by atoms with Gasteiger partial charge in [0.05, 0.1) is 18.9 Å². The SMILES string of the molecule is Cc1ccn2c(=O)cc(CN(CCO)CCO)nc2c1. The van der Waals surface area contributed by atoms with Crippen LogP contribution in [0.5, 0.6) is 0 Å². The second-order valence-corrected chi connectivity index (χ2v) is 4.74. The van der Waals surface area contributed by atoms with Crippen molar-refractivity contribution in [1.82, 2.24) is 14.3 Å². The van der Waals surface area contributed by atoms with E-state index in [9.17, 15) is 4.79 Å². The van der Waals surface area contributed by atoms with E-state index in [0.29, 0.717) is 31.0 Å². The molecular formula is C14H19N3O3. The van der Waals surface area contributed by atoms with E-state index in [4.69, 9.17) is 10.2 Å². The third-order valence-corrected chi connectivity index (χ3v) is 3.09. The average molecular weight is 277 g/mol. The first kappa shape index (κ1) is 14.6. The van der Waals surface area contributed by atoms with Gasteiger partial charge >= 0.3 is 0 Å². The van der Waals surface area contributed by atoms with Crippen LogP contribution in [0.3, 0.4) is 0 Å². The summed E-state index contributed by atoms with van der Waals surface area (Å²) in [5, 5.41) is 18.0. The number of aliphatic hydroxyl groups excluding tert-OH is 2. The number of rotatable bonds is 6. The lowest BCUT2D eigenvalue weighted by atomic mass is 10.3. The van der Waals surface area contributed by atoms with Gasteiger partial charge in [-0.25, -0.2) is 4.98 Å². The van der Waals surface area contributed by atoms with E-state index < -0.39 is 0 Å². The molecular weight excluding hydrogens is 258 g/mol. The fraction of sp³-hybridized carbons (Fsp3) is 0.429. The molecule has 0 saturated carbocycles. The van der Waals surface area contributed by atoms with Crippen molar-refractivity contribution in [1.29, 1.82) is 0 Å². The lowest BCUT2D eigenvalue weighted by Gasteiger charge is -2.19. The Morgan fingerprint density at radius 3 is 2.60 bits per heavy atom. The summed E-state index contributed by atoms with van der Waals surface area (Å²) in [4.78, 5) is 18.3. The predicted molar refractivity (Wildman–Crippen MR) is 75.6 cm³/mol. The van der Waals surface area contributed by atoms with Gasteiger partial charge in [0.2, 0.25) is 0 Å². The molecule has 6 heteroatoms. The molecule has 2 aromatic heterocycles. The van der Waals surface area contributed by atoms with Gasteiger partial charge in [-0.1, -0.05) is 0 Å². The second-order valence-electron chi connectivity index (χ2n) is 4.74. The van der Waals surface area contributed by atoms with Crippen LogP contribution in [0.4, 0.5) is 0 Å². The van der Waals surface area contributed by atoms with Gasteiger partial charge in [0.25, 0.3) is 5.56 Å². The van der Waals surface area contributed by atoms with E-state index >= 15 is 0 Å². The first-order valence-electron chi connectivity index (χ1n) is 6.57. The van der Waals surface area contributed by atoms with Crippen molar-refractivity contribution in [2.24, 2.45) is 0 Å². The number of aryl methyl sites for hydroxylation is 1. The zero-order valence-electron chi connectivity index (χ0n) is 11.5. The molecule has 2 aromatic rings. The van der Waals surface area contributed by atoms with Gasteiger partial charge in [-0.3, -0.25) is 14.1 Å². The van der Waals surface area contributed by atoms with Crippen LogP contribution in [0, 0.1) is 6.92 Å². The number of hydrogen-bond donors (Lipinski definition) is 2. The number of fused-ring (bicyclic) bond motifs is 1. The van der Waals surface area contributed by atoms with E-state index in [1.54, 1.807) is 6.20 Å². The minimum atomic E-state index is -0.127. The van der Waals surface area contributed by atoms with Crippen molar-refractivity contribution in [2.75, 3.05) is 26.3 Å². The molecule has 108 valence electrons. The smallest absolute Gasteiger partial charge is 0.258 e. The van der Waals surface area contributed by atoms with Gasteiger partial charge in [0.15, 0.2) is 0 Å². The van der Waals surface area contributed by atoms with Crippen LogP contribution in [0.15, 0.2) is 29.2 Å². The summed E-state index contributed by atoms with van der Waals surface area (Å²) in [5.41, 5.74) is 2.16. The molecule has 20 heavy (non-hydrogen) atoms. The summed E-state index contributed by atoms with van der Waals surface area (Å²) in [7, 11) is 0. The van der Waals surface area contributed by atoms with Gasteiger partial charge in [-0.15, -0.1) is 0 Å². The zero-order chi connectivity index (χ0) is 14.5. The summed E-state index contributed by atoms with van der Waals surface area (Å²) in [5.74, 6) is 0. The van der Waals surface area contributed by atoms with Crippen molar-refractivity contribution in [3.63, 3.8) is 0 Å². The van der Waals surface area contributed by atoms with Crippen LogP contribution < -0.4 is 5.56 Å². The zero-order valence-corrected chi connectivity index (χ0v) is 11.5. The van der Waals surface area contributed by atoms with E-state index in [1.165, 1.54) is 10.5 Å². The summed E-state index contributed by atoms with van der Waals surface area (Å²) < 4.78 is 1.50. The molecule has 0 aliphatic heterocycles. The number of nitrogens with zero attached hydrogens (tertiary/aromatic N) is 3. The Labute approximate surface area is 116 Å². The Morgan fingerprint density at radius 2 is 1.95 bits per heavy atom. The molecule has 0 aliphatic rings. The number of aliphatic hydroxyl groups is 2.